The Labute approximate surface area is 221 Å². The van der Waals surface area contributed by atoms with E-state index in [1.807, 2.05) is 19.1 Å². The van der Waals surface area contributed by atoms with E-state index in [1.54, 1.807) is 11.9 Å². The molecule has 0 atom stereocenters. The Morgan fingerprint density at radius 2 is 1.95 bits per heavy atom. The van der Waals surface area contributed by atoms with Crippen LogP contribution >= 0.6 is 22.9 Å². The summed E-state index contributed by atoms with van der Waals surface area (Å²) < 4.78 is 10.2. The minimum Gasteiger partial charge on any atom is -0.379 e. The predicted molar refractivity (Wildman–Crippen MR) is 144 cm³/mol. The molecule has 1 aromatic carbocycles. The largest absolute Gasteiger partial charge is 0.379 e. The third-order valence-electron chi connectivity index (χ3n) is 6.65. The van der Waals surface area contributed by atoms with Crippen LogP contribution in [0.2, 0.25) is 5.02 Å². The quantitative estimate of drug-likeness (QED) is 0.348. The van der Waals surface area contributed by atoms with Gasteiger partial charge in [-0.05, 0) is 31.0 Å². The summed E-state index contributed by atoms with van der Waals surface area (Å²) in [4.78, 5) is 51.9. The van der Waals surface area contributed by atoms with Gasteiger partial charge < -0.3 is 9.30 Å². The van der Waals surface area contributed by atoms with Crippen LogP contribution in [0, 0.1) is 6.92 Å². The molecule has 3 aromatic heterocycles. The Morgan fingerprint density at radius 3 is 2.70 bits per heavy atom. The van der Waals surface area contributed by atoms with Crippen LogP contribution in [-0.4, -0.2) is 73.9 Å². The second-order valence-corrected chi connectivity index (χ2v) is 10.6. The summed E-state index contributed by atoms with van der Waals surface area (Å²) >= 11 is 7.68. The first-order valence-electron chi connectivity index (χ1n) is 12.0. The lowest BCUT2D eigenvalue weighted by Crippen LogP contribution is -2.40. The molecular weight excluding hydrogens is 518 g/mol. The smallest absolute Gasteiger partial charge is 0.332 e. The molecule has 1 aliphatic heterocycles. The number of morpholine rings is 1. The number of halogens is 1. The summed E-state index contributed by atoms with van der Waals surface area (Å²) in [6.07, 6.45) is 2.18. The number of aryl methyl sites for hydroxylation is 2. The van der Waals surface area contributed by atoms with E-state index in [-0.39, 0.29) is 23.6 Å². The van der Waals surface area contributed by atoms with E-state index in [1.165, 1.54) is 33.8 Å². The summed E-state index contributed by atoms with van der Waals surface area (Å²) in [6, 6.07) is 3.71. The molecule has 196 valence electrons. The van der Waals surface area contributed by atoms with Crippen molar-refractivity contribution in [2.45, 2.75) is 19.9 Å². The number of hydrogen-bond acceptors (Lipinski definition) is 8. The van der Waals surface area contributed by atoms with Gasteiger partial charge in [0.15, 0.2) is 16.3 Å². The highest BCUT2D eigenvalue weighted by Crippen LogP contribution is 2.33. The zero-order valence-electron chi connectivity index (χ0n) is 20.9. The molecule has 5 rings (SSSR count). The molecule has 1 aliphatic rings. The Hall–Kier alpha value is -3.06. The maximum atomic E-state index is 13.7. The van der Waals surface area contributed by atoms with Gasteiger partial charge in [0.25, 0.3) is 5.56 Å². The van der Waals surface area contributed by atoms with E-state index in [9.17, 15) is 14.4 Å². The van der Waals surface area contributed by atoms with Crippen LogP contribution in [0.15, 0.2) is 28.0 Å². The fraction of sp³-hybridized carbons (Fsp3) is 0.458. The lowest BCUT2D eigenvalue weighted by atomic mass is 10.2. The SMILES string of the molecule is Cc1cc(Cl)cc2sc(N(CCCN3CCOCC3)C(=O)Cn3cnc4c3c(=O)n(C)c(=O)n4C)nc12. The fourth-order valence-corrected chi connectivity index (χ4v) is 6.07. The van der Waals surface area contributed by atoms with Gasteiger partial charge in [0.1, 0.15) is 6.54 Å². The number of carbonyl (C=O) groups is 1. The third kappa shape index (κ3) is 4.93. The van der Waals surface area contributed by atoms with Crippen molar-refractivity contribution in [3.05, 3.63) is 49.9 Å². The standard InChI is InChI=1S/C24H28ClN7O4S/c1-15-11-16(25)12-17-19(15)27-23(37-17)32(6-4-5-30-7-9-36-10-8-30)18(33)13-31-14-26-21-20(31)22(34)29(3)24(35)28(21)2/h11-12,14H,4-10,13H2,1-3H3. The lowest BCUT2D eigenvalue weighted by molar-refractivity contribution is -0.119. The number of anilines is 1. The molecule has 11 nitrogen and oxygen atoms in total. The molecule has 0 aliphatic carbocycles. The number of carbonyl (C=O) groups excluding carboxylic acids is 1. The van der Waals surface area contributed by atoms with E-state index in [0.717, 1.165) is 46.4 Å². The zero-order valence-corrected chi connectivity index (χ0v) is 22.5. The number of ether oxygens (including phenoxy) is 1. The number of rotatable bonds is 7. The highest BCUT2D eigenvalue weighted by molar-refractivity contribution is 7.22. The Balaban J connectivity index is 1.46. The van der Waals surface area contributed by atoms with Crippen molar-refractivity contribution >= 4 is 55.4 Å². The van der Waals surface area contributed by atoms with Crippen molar-refractivity contribution in [3.8, 4) is 0 Å². The van der Waals surface area contributed by atoms with E-state index >= 15 is 0 Å². The maximum Gasteiger partial charge on any atom is 0.332 e. The summed E-state index contributed by atoms with van der Waals surface area (Å²) in [5.74, 6) is -0.222. The van der Waals surface area contributed by atoms with E-state index in [0.29, 0.717) is 29.9 Å². The van der Waals surface area contributed by atoms with Crippen molar-refractivity contribution in [2.75, 3.05) is 44.3 Å². The van der Waals surface area contributed by atoms with Crippen molar-refractivity contribution < 1.29 is 9.53 Å². The molecule has 0 bridgehead atoms. The van der Waals surface area contributed by atoms with Crippen LogP contribution < -0.4 is 16.1 Å². The Morgan fingerprint density at radius 1 is 1.19 bits per heavy atom. The normalized spacial score (nSPS) is 14.6. The summed E-state index contributed by atoms with van der Waals surface area (Å²) in [7, 11) is 2.96. The number of imidazole rings is 1. The minimum atomic E-state index is -0.493. The topological polar surface area (TPSA) is 107 Å². The van der Waals surface area contributed by atoms with Gasteiger partial charge in [-0.2, -0.15) is 0 Å². The van der Waals surface area contributed by atoms with Crippen LogP contribution in [0.3, 0.4) is 0 Å². The number of thiazole rings is 1. The molecule has 4 heterocycles. The minimum absolute atomic E-state index is 0.114. The van der Waals surface area contributed by atoms with E-state index in [4.69, 9.17) is 21.3 Å². The van der Waals surface area contributed by atoms with Gasteiger partial charge in [-0.1, -0.05) is 22.9 Å². The number of amides is 1. The van der Waals surface area contributed by atoms with Crippen LogP contribution in [0.4, 0.5) is 5.13 Å². The van der Waals surface area contributed by atoms with Crippen LogP contribution in [0.25, 0.3) is 21.4 Å². The lowest BCUT2D eigenvalue weighted by Gasteiger charge is -2.27. The summed E-state index contributed by atoms with van der Waals surface area (Å²) in [6.45, 7) is 6.30. The average Bonchev–Trinajstić information content (AvgIpc) is 3.49. The highest BCUT2D eigenvalue weighted by Gasteiger charge is 2.23. The molecule has 0 N–H and O–H groups in total. The number of nitrogens with zero attached hydrogens (tertiary/aromatic N) is 7. The van der Waals surface area contributed by atoms with Gasteiger partial charge in [-0.3, -0.25) is 28.5 Å². The maximum absolute atomic E-state index is 13.7. The summed E-state index contributed by atoms with van der Waals surface area (Å²) in [5.41, 5.74) is 1.24. The molecule has 1 fully saturated rings. The first-order chi connectivity index (χ1) is 17.7. The molecule has 0 radical (unpaired) electrons. The number of aromatic nitrogens is 5. The van der Waals surface area contributed by atoms with E-state index < -0.39 is 11.2 Å². The van der Waals surface area contributed by atoms with Crippen molar-refractivity contribution in [1.29, 1.82) is 0 Å². The van der Waals surface area contributed by atoms with Crippen LogP contribution in [0.5, 0.6) is 0 Å². The first-order valence-corrected chi connectivity index (χ1v) is 13.2. The molecule has 0 spiro atoms. The van der Waals surface area contributed by atoms with Crippen molar-refractivity contribution in [1.82, 2.24) is 28.6 Å². The predicted octanol–water partition coefficient (Wildman–Crippen LogP) is 1.76. The van der Waals surface area contributed by atoms with Gasteiger partial charge >= 0.3 is 5.69 Å². The molecule has 0 unspecified atom stereocenters. The molecule has 0 saturated carbocycles. The third-order valence-corrected chi connectivity index (χ3v) is 7.90. The Bertz CT molecular complexity index is 1600. The van der Waals surface area contributed by atoms with Crippen LogP contribution in [0.1, 0.15) is 12.0 Å². The fourth-order valence-electron chi connectivity index (χ4n) is 4.61. The molecule has 4 aromatic rings. The first kappa shape index (κ1) is 25.6. The number of fused-ring (bicyclic) bond motifs is 2. The Kier molecular flexibility index (Phi) is 7.17. The van der Waals surface area contributed by atoms with Gasteiger partial charge in [0.05, 0.1) is 29.8 Å². The average molecular weight is 546 g/mol. The van der Waals surface area contributed by atoms with Crippen molar-refractivity contribution in [3.63, 3.8) is 0 Å². The van der Waals surface area contributed by atoms with E-state index in [2.05, 4.69) is 9.88 Å². The molecule has 13 heteroatoms. The second kappa shape index (κ2) is 10.4. The monoisotopic (exact) mass is 545 g/mol. The number of benzene rings is 1. The molecular formula is C24H28ClN7O4S. The van der Waals surface area contributed by atoms with Gasteiger partial charge in [0, 0.05) is 45.3 Å². The van der Waals surface area contributed by atoms with Crippen LogP contribution in [-0.2, 0) is 30.2 Å². The van der Waals surface area contributed by atoms with Crippen molar-refractivity contribution in [2.24, 2.45) is 14.1 Å². The zero-order chi connectivity index (χ0) is 26.3. The van der Waals surface area contributed by atoms with Gasteiger partial charge in [-0.15, -0.1) is 0 Å². The van der Waals surface area contributed by atoms with Gasteiger partial charge in [0.2, 0.25) is 5.91 Å². The second-order valence-electron chi connectivity index (χ2n) is 9.17. The summed E-state index contributed by atoms with van der Waals surface area (Å²) in [5, 5.41) is 1.20. The van der Waals surface area contributed by atoms with Gasteiger partial charge in [-0.25, -0.2) is 14.8 Å². The molecule has 37 heavy (non-hydrogen) atoms. The number of hydrogen-bond donors (Lipinski definition) is 0. The molecule has 1 saturated heterocycles. The molecule has 1 amide bonds. The highest BCUT2D eigenvalue weighted by atomic mass is 35.5.